The molecule has 1 saturated heterocycles. The zero-order valence-corrected chi connectivity index (χ0v) is 58.2. The van der Waals surface area contributed by atoms with Gasteiger partial charge in [-0.05, 0) is 99.1 Å². The molecule has 32 nitrogen and oxygen atoms in total. The lowest BCUT2D eigenvalue weighted by atomic mass is 9.81. The molecule has 2 amide bonds. The number of benzene rings is 2. The van der Waals surface area contributed by atoms with E-state index in [-0.39, 0.29) is 80.3 Å². The van der Waals surface area contributed by atoms with E-state index in [1.165, 1.54) is 24.3 Å². The van der Waals surface area contributed by atoms with Crippen LogP contribution in [0.15, 0.2) is 109 Å². The van der Waals surface area contributed by atoms with Crippen LogP contribution in [0.25, 0.3) is 0 Å². The van der Waals surface area contributed by atoms with Crippen molar-refractivity contribution >= 4 is 72.6 Å². The fraction of sp³-hybridized carbons (Fsp3) is 0.517. The number of nitrogens with one attached hydrogen (secondary N) is 3. The summed E-state index contributed by atoms with van der Waals surface area (Å²) in [5.74, 6) is 4.55. The number of aromatic amines is 1. The van der Waals surface area contributed by atoms with Gasteiger partial charge in [-0.25, -0.2) is 18.5 Å². The number of fused-ring (bicyclic) bond motifs is 2. The quantitative estimate of drug-likeness (QED) is 0.0126. The van der Waals surface area contributed by atoms with Crippen LogP contribution >= 0.6 is 23.5 Å². The number of phosphoric ester groups is 1. The van der Waals surface area contributed by atoms with E-state index in [2.05, 4.69) is 70.9 Å². The van der Waals surface area contributed by atoms with Crippen LogP contribution in [-0.4, -0.2) is 181 Å². The zero-order chi connectivity index (χ0) is 71.2. The summed E-state index contributed by atoms with van der Waals surface area (Å²) < 4.78 is 145. The molecule has 3 aromatic rings. The van der Waals surface area contributed by atoms with Crippen molar-refractivity contribution < 1.29 is 115 Å². The fourth-order valence-electron chi connectivity index (χ4n) is 11.2. The molecule has 97 heavy (non-hydrogen) atoms. The van der Waals surface area contributed by atoms with Crippen molar-refractivity contribution in [1.82, 2.24) is 20.2 Å². The number of carbonyl (C=O) groups excluding carboxylic acids is 2. The van der Waals surface area contributed by atoms with Gasteiger partial charge in [0.2, 0.25) is 17.5 Å². The summed E-state index contributed by atoms with van der Waals surface area (Å²) in [4.78, 5) is 90.2. The number of aliphatic hydroxyl groups excluding tert-OH is 1. The predicted octanol–water partition coefficient (Wildman–Crippen LogP) is 4.60. The van der Waals surface area contributed by atoms with Crippen molar-refractivity contribution in [3.8, 4) is 11.8 Å². The van der Waals surface area contributed by atoms with Gasteiger partial charge in [0.05, 0.1) is 87.3 Å². The molecular formula is C60H82N6O26P3S2+. The Kier molecular flexibility index (Phi) is 27.4. The summed E-state index contributed by atoms with van der Waals surface area (Å²) in [6.45, 7) is 9.74. The Morgan fingerprint density at radius 2 is 1.40 bits per heavy atom. The second-order valence-electron chi connectivity index (χ2n) is 23.8. The maximum absolute atomic E-state index is 12.7. The van der Waals surface area contributed by atoms with E-state index in [9.17, 15) is 73.7 Å². The third-order valence-electron chi connectivity index (χ3n) is 16.0. The van der Waals surface area contributed by atoms with Gasteiger partial charge >= 0.3 is 29.2 Å². The molecule has 4 aliphatic rings. The van der Waals surface area contributed by atoms with Gasteiger partial charge in [-0.3, -0.25) is 37.6 Å². The first kappa shape index (κ1) is 78.4. The number of hydrogen-bond donors (Lipinski definition) is 10. The Morgan fingerprint density at radius 1 is 0.773 bits per heavy atom. The van der Waals surface area contributed by atoms with Gasteiger partial charge in [-0.1, -0.05) is 50.3 Å². The highest BCUT2D eigenvalue weighted by molar-refractivity contribution is 7.86. The summed E-state index contributed by atoms with van der Waals surface area (Å²) in [6.07, 6.45) is 12.0. The van der Waals surface area contributed by atoms with Crippen LogP contribution in [0.1, 0.15) is 108 Å². The molecule has 0 radical (unpaired) electrons. The molecule has 534 valence electrons. The zero-order valence-electron chi connectivity index (χ0n) is 53.9. The molecule has 37 heteroatoms. The number of unbranched alkanes of at least 4 members (excludes halogenated alkanes) is 2. The smallest absolute Gasteiger partial charge is 0.390 e. The summed E-state index contributed by atoms with van der Waals surface area (Å²) >= 11 is 0. The van der Waals surface area contributed by atoms with Crippen molar-refractivity contribution in [2.75, 3.05) is 91.0 Å². The van der Waals surface area contributed by atoms with E-state index in [0.29, 0.717) is 39.1 Å². The van der Waals surface area contributed by atoms with E-state index < -0.39 is 96.7 Å². The average molecular weight is 1460 g/mol. The first-order valence-electron chi connectivity index (χ1n) is 30.7. The first-order valence-corrected chi connectivity index (χ1v) is 38.1. The van der Waals surface area contributed by atoms with E-state index in [4.69, 9.17) is 33.5 Å². The Morgan fingerprint density at radius 3 is 2.06 bits per heavy atom. The molecule has 1 aliphatic carbocycles. The third kappa shape index (κ3) is 22.8. The number of allylic oxidation sites excluding steroid dienone is 8. The molecule has 5 atom stereocenters. The predicted molar refractivity (Wildman–Crippen MR) is 349 cm³/mol. The number of H-pyrrole nitrogens is 1. The van der Waals surface area contributed by atoms with Gasteiger partial charge in [-0.15, -0.1) is 0 Å². The molecule has 3 aliphatic heterocycles. The van der Waals surface area contributed by atoms with Gasteiger partial charge in [0.15, 0.2) is 5.71 Å². The van der Waals surface area contributed by atoms with Crippen molar-refractivity contribution in [3.63, 3.8) is 0 Å². The van der Waals surface area contributed by atoms with Crippen molar-refractivity contribution in [2.45, 2.75) is 125 Å². The normalized spacial score (nSPS) is 20.5. The monoisotopic (exact) mass is 1460 g/mol. The van der Waals surface area contributed by atoms with E-state index in [0.717, 1.165) is 87.9 Å². The van der Waals surface area contributed by atoms with Crippen LogP contribution in [0.2, 0.25) is 0 Å². The highest BCUT2D eigenvalue weighted by Crippen LogP contribution is 2.66. The molecule has 1 fully saturated rings. The number of amides is 2. The topological polar surface area (TPSA) is 454 Å². The van der Waals surface area contributed by atoms with Crippen molar-refractivity contribution in [1.29, 1.82) is 0 Å². The van der Waals surface area contributed by atoms with Gasteiger partial charge in [-0.2, -0.15) is 30.0 Å². The number of aromatic nitrogens is 2. The lowest BCUT2D eigenvalue weighted by Gasteiger charge is -2.27. The van der Waals surface area contributed by atoms with Gasteiger partial charge in [0.25, 0.3) is 25.8 Å². The summed E-state index contributed by atoms with van der Waals surface area (Å²) in [5, 5.41) is 15.8. The van der Waals surface area contributed by atoms with Crippen LogP contribution in [0.5, 0.6) is 0 Å². The molecular weight excluding hydrogens is 1380 g/mol. The Labute approximate surface area is 560 Å². The number of nitrogens with zero attached hydrogens (tertiary/aromatic N) is 3. The maximum Gasteiger partial charge on any atom is 0.490 e. The first-order chi connectivity index (χ1) is 45.5. The molecule has 7 rings (SSSR count). The van der Waals surface area contributed by atoms with Crippen molar-refractivity contribution in [3.05, 3.63) is 127 Å². The molecule has 0 saturated carbocycles. The number of anilines is 1. The van der Waals surface area contributed by atoms with Crippen LogP contribution in [-0.2, 0) is 91.2 Å². The third-order valence-corrected chi connectivity index (χ3v) is 21.5. The van der Waals surface area contributed by atoms with E-state index in [1.807, 2.05) is 44.3 Å². The minimum Gasteiger partial charge on any atom is -0.390 e. The van der Waals surface area contributed by atoms with Gasteiger partial charge < -0.3 is 63.9 Å². The average Bonchev–Trinajstić information content (AvgIpc) is 1.60. The molecule has 1 aromatic heterocycles. The van der Waals surface area contributed by atoms with Crippen LogP contribution in [0, 0.1) is 11.8 Å². The lowest BCUT2D eigenvalue weighted by molar-refractivity contribution is -0.401. The second kappa shape index (κ2) is 33.9. The number of phosphoric acid groups is 3. The SMILES string of the molecule is C[N+]1=C(/C=C/C2=CC(=C/C=C3/N(CCCCCC(=O)NCCOCCOCCOCCOCCC(=O)NCC#Cc4cn([C@H]5C[C@H](O)[C@@H](COP(=O)(O)OP(=O)(O)OP(=O)(O)O)O5)c(=O)[nH]c4=O)c4ccc(S(=O)(=O)O)cc4C3(C)C)/CCC2)C(C)(C)c2cc(S(=O)(=O)O)ccc21. The van der Waals surface area contributed by atoms with Crippen LogP contribution in [0.4, 0.5) is 11.4 Å². The molecule has 2 unspecified atom stereocenters. The van der Waals surface area contributed by atoms with Crippen LogP contribution in [0.3, 0.4) is 0 Å². The molecule has 0 bridgehead atoms. The highest BCUT2D eigenvalue weighted by atomic mass is 32.2. The number of rotatable bonds is 35. The maximum atomic E-state index is 12.7. The second-order valence-corrected chi connectivity index (χ2v) is 31.1. The van der Waals surface area contributed by atoms with Gasteiger partial charge in [0.1, 0.15) is 24.9 Å². The molecule has 0 spiro atoms. The summed E-state index contributed by atoms with van der Waals surface area (Å²) in [6, 6.07) is 9.31. The number of ether oxygens (including phenoxy) is 5. The number of hydrogen-bond acceptors (Lipinski definition) is 21. The number of carbonyl (C=O) groups is 2. The fourth-order valence-corrected chi connectivity index (χ4v) is 15.3. The Balaban J connectivity index is 0.733. The summed E-state index contributed by atoms with van der Waals surface area (Å²) in [5.41, 5.74) is 4.14. The van der Waals surface area contributed by atoms with Gasteiger partial charge in [0, 0.05) is 73.1 Å². The summed E-state index contributed by atoms with van der Waals surface area (Å²) in [7, 11) is -23.9. The number of aliphatic hydroxyl groups is 1. The Bertz CT molecular complexity index is 4130. The molecule has 2 aromatic carbocycles. The largest absolute Gasteiger partial charge is 0.490 e. The highest BCUT2D eigenvalue weighted by Gasteiger charge is 2.46. The van der Waals surface area contributed by atoms with E-state index >= 15 is 0 Å². The lowest BCUT2D eigenvalue weighted by Crippen LogP contribution is -2.34. The molecule has 4 heterocycles. The standard InChI is InChI=1S/C60H81N6O26P3S2/c1-59(2)46-36-44(96(79,80)81)17-19-48(46)64(5)52(59)21-15-41-11-9-12-42(35-41)16-22-53-60(3,4)47-37-45(97(82,83)84)18-20-49(47)65(53)26-8-6-7-14-54(68)62-25-28-86-30-32-88-34-33-87-31-29-85-27-23-55(69)61-24-10-13-43-39-66(58(71)63-57(43)70)56-38-50(67)51(90-56)40-89-94(75,76)92-95(77,78)91-93(72,73)74/h15-22,35-37,39,50-51,56,67H,6-9,11-12,14,23-34,38,40H2,1-5H3,(H8-,61,62,63,68,69,70,71,72,73,74,75,76,77,78,79,80,81,82,83,84)/p+1/t50-,51+,56+/m0/s1. The van der Waals surface area contributed by atoms with Crippen LogP contribution < -0.4 is 26.8 Å². The van der Waals surface area contributed by atoms with Crippen molar-refractivity contribution in [2.24, 2.45) is 0 Å². The molecule has 10 N–H and O–H groups in total. The minimum atomic E-state index is -5.80. The minimum absolute atomic E-state index is 0.0248. The van der Waals surface area contributed by atoms with E-state index in [1.54, 1.807) is 12.1 Å². The Hall–Kier alpha value is -5.96.